The average Bonchev–Trinajstić information content (AvgIpc) is 2.86. The van der Waals surface area contributed by atoms with Gasteiger partial charge in [-0.1, -0.05) is 23.8 Å². The van der Waals surface area contributed by atoms with Crippen LogP contribution in [0.2, 0.25) is 0 Å². The minimum Gasteiger partial charge on any atom is -0.508 e. The smallest absolute Gasteiger partial charge is 0.336 e. The summed E-state index contributed by atoms with van der Waals surface area (Å²) in [4.78, 5) is 24.2. The maximum Gasteiger partial charge on any atom is 0.336 e. The number of aromatic hydroxyl groups is 1. The van der Waals surface area contributed by atoms with Gasteiger partial charge in [0.05, 0.1) is 5.56 Å². The molecule has 0 aromatic heterocycles. The molecule has 1 heterocycles. The first kappa shape index (κ1) is 21.6. The summed E-state index contributed by atoms with van der Waals surface area (Å²) >= 11 is 0. The molecule has 2 aliphatic rings. The molecule has 3 aromatic rings. The molecule has 5 heteroatoms. The first-order valence-corrected chi connectivity index (χ1v) is 10.6. The standard InChI is InChI=1S/C30H16O5/c1-2-18-3-5-19(6-4-18)7-8-20-9-12-23(26(15-20)30(33)34)29-24-13-10-21(31)16-27(24)35-28-17-22(32)11-14-25(28)29/h1,3-6,9-17,31H,(H,33,34). The van der Waals surface area contributed by atoms with Crippen molar-refractivity contribution in [1.82, 2.24) is 0 Å². The zero-order valence-electron chi connectivity index (χ0n) is 18.2. The zero-order chi connectivity index (χ0) is 24.5. The Labute approximate surface area is 200 Å². The van der Waals surface area contributed by atoms with Crippen molar-refractivity contribution in [3.05, 3.63) is 111 Å². The summed E-state index contributed by atoms with van der Waals surface area (Å²) in [6.07, 6.45) is 5.38. The fourth-order valence-electron chi connectivity index (χ4n) is 3.96. The number of carbonyl (C=O) groups is 1. The lowest BCUT2D eigenvalue weighted by Gasteiger charge is -2.17. The Bertz CT molecular complexity index is 1760. The van der Waals surface area contributed by atoms with Gasteiger partial charge in [0.2, 0.25) is 0 Å². The molecule has 1 aliphatic heterocycles. The molecular weight excluding hydrogens is 440 g/mol. The number of hydrogen-bond donors (Lipinski definition) is 2. The molecule has 0 amide bonds. The number of terminal acetylenes is 1. The number of aromatic carboxylic acids is 1. The molecule has 0 atom stereocenters. The van der Waals surface area contributed by atoms with E-state index in [1.165, 1.54) is 30.3 Å². The summed E-state index contributed by atoms with van der Waals surface area (Å²) < 4.78 is 5.86. The van der Waals surface area contributed by atoms with E-state index < -0.39 is 5.97 Å². The molecule has 0 bridgehead atoms. The SMILES string of the molecule is C#Cc1ccc(C#Cc2ccc(-c3c4ccc(=O)cc-4oc4cc(O)ccc34)c(C(=O)O)c2)cc1. The molecule has 166 valence electrons. The number of hydrogen-bond acceptors (Lipinski definition) is 4. The number of phenolic OH excluding ortho intramolecular Hbond substituents is 1. The first-order valence-electron chi connectivity index (χ1n) is 10.6. The van der Waals surface area contributed by atoms with E-state index in [2.05, 4.69) is 17.8 Å². The summed E-state index contributed by atoms with van der Waals surface area (Å²) in [5, 5.41) is 20.6. The number of carboxylic acid groups (broad SMARTS) is 1. The van der Waals surface area contributed by atoms with Gasteiger partial charge in [0.15, 0.2) is 5.43 Å². The highest BCUT2D eigenvalue weighted by molar-refractivity contribution is 6.07. The molecule has 0 unspecified atom stereocenters. The van der Waals surface area contributed by atoms with Gasteiger partial charge in [-0.05, 0) is 66.2 Å². The summed E-state index contributed by atoms with van der Waals surface area (Å²) in [5.74, 6) is 7.73. The van der Waals surface area contributed by atoms with E-state index in [4.69, 9.17) is 10.8 Å². The van der Waals surface area contributed by atoms with Crippen molar-refractivity contribution >= 4 is 16.9 Å². The van der Waals surface area contributed by atoms with E-state index >= 15 is 0 Å². The molecule has 0 spiro atoms. The van der Waals surface area contributed by atoms with Gasteiger partial charge in [-0.2, -0.15) is 0 Å². The molecule has 5 nitrogen and oxygen atoms in total. The number of fused-ring (bicyclic) bond motifs is 2. The third-order valence-electron chi connectivity index (χ3n) is 5.60. The topological polar surface area (TPSA) is 87.7 Å². The first-order chi connectivity index (χ1) is 16.9. The zero-order valence-corrected chi connectivity index (χ0v) is 18.2. The maximum absolute atomic E-state index is 12.3. The molecular formula is C30H16O5. The molecule has 35 heavy (non-hydrogen) atoms. The monoisotopic (exact) mass is 456 g/mol. The second-order valence-electron chi connectivity index (χ2n) is 7.85. The lowest BCUT2D eigenvalue weighted by Crippen LogP contribution is -2.04. The molecule has 0 saturated heterocycles. The molecule has 2 N–H and O–H groups in total. The third kappa shape index (κ3) is 4.11. The van der Waals surface area contributed by atoms with Crippen molar-refractivity contribution in [3.8, 4) is 52.4 Å². The quantitative estimate of drug-likeness (QED) is 0.276. The highest BCUT2D eigenvalue weighted by Gasteiger charge is 2.22. The van der Waals surface area contributed by atoms with Crippen LogP contribution in [0.25, 0.3) is 33.4 Å². The van der Waals surface area contributed by atoms with E-state index in [1.54, 1.807) is 48.5 Å². The minimum absolute atomic E-state index is 0.0100. The molecule has 0 radical (unpaired) electrons. The van der Waals surface area contributed by atoms with Gasteiger partial charge in [-0.3, -0.25) is 4.79 Å². The van der Waals surface area contributed by atoms with Crippen LogP contribution in [0.3, 0.4) is 0 Å². The Kier molecular flexibility index (Phi) is 5.30. The lowest BCUT2D eigenvalue weighted by atomic mass is 9.90. The second kappa shape index (κ2) is 8.59. The van der Waals surface area contributed by atoms with Crippen molar-refractivity contribution < 1.29 is 19.4 Å². The van der Waals surface area contributed by atoms with Crippen LogP contribution in [-0.4, -0.2) is 16.2 Å². The summed E-state index contributed by atoms with van der Waals surface area (Å²) in [6, 6.07) is 21.1. The fraction of sp³-hybridized carbons (Fsp3) is 0. The fourth-order valence-corrected chi connectivity index (χ4v) is 3.96. The van der Waals surface area contributed by atoms with Crippen LogP contribution in [-0.2, 0) is 0 Å². The normalized spacial score (nSPS) is 10.5. The van der Waals surface area contributed by atoms with Crippen LogP contribution >= 0.6 is 0 Å². The van der Waals surface area contributed by atoms with Crippen molar-refractivity contribution in [2.45, 2.75) is 0 Å². The Morgan fingerprint density at radius 1 is 0.800 bits per heavy atom. The number of phenols is 1. The number of rotatable bonds is 2. The molecule has 1 aliphatic carbocycles. The van der Waals surface area contributed by atoms with E-state index in [0.717, 1.165) is 11.1 Å². The van der Waals surface area contributed by atoms with Gasteiger partial charge < -0.3 is 14.6 Å². The van der Waals surface area contributed by atoms with Crippen LogP contribution in [0.15, 0.2) is 88.1 Å². The van der Waals surface area contributed by atoms with Crippen molar-refractivity contribution in [2.24, 2.45) is 0 Å². The minimum atomic E-state index is -1.12. The second-order valence-corrected chi connectivity index (χ2v) is 7.85. The Hall–Kier alpha value is -5.26. The summed E-state index contributed by atoms with van der Waals surface area (Å²) in [6.45, 7) is 0. The van der Waals surface area contributed by atoms with Gasteiger partial charge in [0.25, 0.3) is 0 Å². The van der Waals surface area contributed by atoms with Gasteiger partial charge in [0.1, 0.15) is 17.1 Å². The van der Waals surface area contributed by atoms with E-state index in [9.17, 15) is 19.8 Å². The summed E-state index contributed by atoms with van der Waals surface area (Å²) in [7, 11) is 0. The largest absolute Gasteiger partial charge is 0.508 e. The molecule has 3 aromatic carbocycles. The van der Waals surface area contributed by atoms with Crippen molar-refractivity contribution in [2.75, 3.05) is 0 Å². The Morgan fingerprint density at radius 2 is 1.49 bits per heavy atom. The predicted octanol–water partition coefficient (Wildman–Crippen LogP) is 5.35. The van der Waals surface area contributed by atoms with Crippen LogP contribution < -0.4 is 5.43 Å². The van der Waals surface area contributed by atoms with Crippen LogP contribution in [0, 0.1) is 24.2 Å². The van der Waals surface area contributed by atoms with Gasteiger partial charge in [-0.25, -0.2) is 4.79 Å². The maximum atomic E-state index is 12.3. The lowest BCUT2D eigenvalue weighted by molar-refractivity contribution is 0.0697. The van der Waals surface area contributed by atoms with Gasteiger partial charge in [-0.15, -0.1) is 6.42 Å². The van der Waals surface area contributed by atoms with E-state index in [-0.39, 0.29) is 16.7 Å². The Morgan fingerprint density at radius 3 is 2.23 bits per heavy atom. The molecule has 5 rings (SSSR count). The Balaban J connectivity index is 1.71. The van der Waals surface area contributed by atoms with Crippen LogP contribution in [0.4, 0.5) is 0 Å². The van der Waals surface area contributed by atoms with E-state index in [1.807, 2.05) is 0 Å². The summed E-state index contributed by atoms with van der Waals surface area (Å²) in [5.41, 5.74) is 3.77. The van der Waals surface area contributed by atoms with Crippen LogP contribution in [0.1, 0.15) is 27.0 Å². The van der Waals surface area contributed by atoms with Crippen LogP contribution in [0.5, 0.6) is 5.75 Å². The average molecular weight is 456 g/mol. The number of carboxylic acids is 1. The predicted molar refractivity (Wildman–Crippen MR) is 134 cm³/mol. The highest BCUT2D eigenvalue weighted by Crippen LogP contribution is 2.42. The van der Waals surface area contributed by atoms with E-state index in [0.29, 0.717) is 39.0 Å². The molecule has 0 fully saturated rings. The van der Waals surface area contributed by atoms with Gasteiger partial charge >= 0.3 is 5.97 Å². The highest BCUT2D eigenvalue weighted by atomic mass is 16.4. The van der Waals surface area contributed by atoms with Crippen molar-refractivity contribution in [3.63, 3.8) is 0 Å². The number of benzene rings is 4. The van der Waals surface area contributed by atoms with Crippen molar-refractivity contribution in [1.29, 1.82) is 0 Å². The van der Waals surface area contributed by atoms with Gasteiger partial charge in [0, 0.05) is 45.3 Å². The third-order valence-corrected chi connectivity index (χ3v) is 5.60. The molecule has 0 saturated carbocycles.